The molecule has 0 saturated carbocycles. The van der Waals surface area contributed by atoms with Gasteiger partial charge in [-0.25, -0.2) is 4.98 Å². The van der Waals surface area contributed by atoms with Crippen molar-refractivity contribution in [2.45, 2.75) is 20.4 Å². The lowest BCUT2D eigenvalue weighted by Gasteiger charge is -2.09. The Morgan fingerprint density at radius 2 is 1.95 bits per heavy atom. The van der Waals surface area contributed by atoms with Crippen molar-refractivity contribution >= 4 is 17.5 Å². The number of nitrogens with two attached hydrogens (primary N) is 1. The SMILES string of the molecule is Cc1ccc(NC(=O)Cn2c(N)nc(C)cc2=O)cc1. The third-order valence-electron chi connectivity index (χ3n) is 2.80. The number of benzene rings is 1. The summed E-state index contributed by atoms with van der Waals surface area (Å²) in [4.78, 5) is 27.6. The number of anilines is 2. The second kappa shape index (κ2) is 5.56. The van der Waals surface area contributed by atoms with Gasteiger partial charge in [-0.3, -0.25) is 14.2 Å². The van der Waals surface area contributed by atoms with Gasteiger partial charge >= 0.3 is 0 Å². The molecule has 1 heterocycles. The average molecular weight is 272 g/mol. The van der Waals surface area contributed by atoms with E-state index in [1.807, 2.05) is 19.1 Å². The number of aromatic nitrogens is 2. The standard InChI is InChI=1S/C14H16N4O2/c1-9-3-5-11(6-4-9)17-12(19)8-18-13(20)7-10(2)16-14(18)15/h3-7H,8H2,1-2H3,(H2,15,16)(H,17,19). The Labute approximate surface area is 116 Å². The van der Waals surface area contributed by atoms with Crippen LogP contribution in [0.4, 0.5) is 11.6 Å². The number of nitrogens with one attached hydrogen (secondary N) is 1. The quantitative estimate of drug-likeness (QED) is 0.874. The van der Waals surface area contributed by atoms with E-state index in [0.717, 1.165) is 10.1 Å². The number of hydrogen-bond donors (Lipinski definition) is 2. The second-order valence-electron chi connectivity index (χ2n) is 4.59. The fourth-order valence-corrected chi connectivity index (χ4v) is 1.78. The van der Waals surface area contributed by atoms with Crippen molar-refractivity contribution in [3.8, 4) is 0 Å². The van der Waals surface area contributed by atoms with Gasteiger partial charge in [-0.2, -0.15) is 0 Å². The molecule has 6 heteroatoms. The number of amides is 1. The van der Waals surface area contributed by atoms with Crippen molar-refractivity contribution < 1.29 is 4.79 Å². The Bertz CT molecular complexity index is 689. The van der Waals surface area contributed by atoms with E-state index < -0.39 is 0 Å². The molecule has 0 spiro atoms. The summed E-state index contributed by atoms with van der Waals surface area (Å²) < 4.78 is 1.14. The van der Waals surface area contributed by atoms with Crippen molar-refractivity contribution in [3.05, 3.63) is 51.9 Å². The summed E-state index contributed by atoms with van der Waals surface area (Å²) >= 11 is 0. The molecule has 1 amide bonds. The predicted octanol–water partition coefficient (Wildman–Crippen LogP) is 1.08. The van der Waals surface area contributed by atoms with Gasteiger partial charge in [0.2, 0.25) is 11.9 Å². The summed E-state index contributed by atoms with van der Waals surface area (Å²) in [6.45, 7) is 3.48. The van der Waals surface area contributed by atoms with E-state index in [9.17, 15) is 9.59 Å². The summed E-state index contributed by atoms with van der Waals surface area (Å²) in [7, 11) is 0. The van der Waals surface area contributed by atoms with Gasteiger partial charge < -0.3 is 11.1 Å². The lowest BCUT2D eigenvalue weighted by molar-refractivity contribution is -0.116. The highest BCUT2D eigenvalue weighted by Crippen LogP contribution is 2.08. The number of hydrogen-bond acceptors (Lipinski definition) is 4. The lowest BCUT2D eigenvalue weighted by Crippen LogP contribution is -2.30. The molecule has 0 radical (unpaired) electrons. The molecule has 0 saturated heterocycles. The van der Waals surface area contributed by atoms with Crippen LogP contribution in [0.2, 0.25) is 0 Å². The van der Waals surface area contributed by atoms with Crippen LogP contribution in [-0.4, -0.2) is 15.5 Å². The Morgan fingerprint density at radius 3 is 2.55 bits per heavy atom. The van der Waals surface area contributed by atoms with E-state index in [1.165, 1.54) is 6.07 Å². The molecule has 0 aliphatic rings. The molecule has 20 heavy (non-hydrogen) atoms. The van der Waals surface area contributed by atoms with Crippen LogP contribution in [0.15, 0.2) is 35.1 Å². The normalized spacial score (nSPS) is 10.3. The molecule has 0 aliphatic carbocycles. The van der Waals surface area contributed by atoms with E-state index in [2.05, 4.69) is 10.3 Å². The summed E-state index contributed by atoms with van der Waals surface area (Å²) in [5, 5.41) is 2.70. The van der Waals surface area contributed by atoms with Crippen LogP contribution >= 0.6 is 0 Å². The van der Waals surface area contributed by atoms with Gasteiger partial charge in [0.1, 0.15) is 6.54 Å². The third-order valence-corrected chi connectivity index (χ3v) is 2.80. The number of rotatable bonds is 3. The summed E-state index contributed by atoms with van der Waals surface area (Å²) in [6, 6.07) is 8.72. The van der Waals surface area contributed by atoms with Crippen molar-refractivity contribution in [1.29, 1.82) is 0 Å². The minimum absolute atomic E-state index is 0.0362. The van der Waals surface area contributed by atoms with Gasteiger partial charge in [0.15, 0.2) is 0 Å². The summed E-state index contributed by atoms with van der Waals surface area (Å²) in [6.07, 6.45) is 0. The Kier molecular flexibility index (Phi) is 3.84. The van der Waals surface area contributed by atoms with Crippen molar-refractivity contribution in [1.82, 2.24) is 9.55 Å². The van der Waals surface area contributed by atoms with Crippen LogP contribution in [0.1, 0.15) is 11.3 Å². The molecular formula is C14H16N4O2. The van der Waals surface area contributed by atoms with Crippen LogP contribution in [0.3, 0.4) is 0 Å². The van der Waals surface area contributed by atoms with E-state index in [0.29, 0.717) is 11.4 Å². The predicted molar refractivity (Wildman–Crippen MR) is 77.5 cm³/mol. The minimum Gasteiger partial charge on any atom is -0.369 e. The topological polar surface area (TPSA) is 90.0 Å². The highest BCUT2D eigenvalue weighted by atomic mass is 16.2. The number of carbonyl (C=O) groups excluding carboxylic acids is 1. The largest absolute Gasteiger partial charge is 0.369 e. The van der Waals surface area contributed by atoms with Gasteiger partial charge in [-0.15, -0.1) is 0 Å². The third kappa shape index (κ3) is 3.23. The monoisotopic (exact) mass is 272 g/mol. The van der Waals surface area contributed by atoms with Crippen LogP contribution in [-0.2, 0) is 11.3 Å². The summed E-state index contributed by atoms with van der Waals surface area (Å²) in [5.74, 6) is -0.289. The van der Waals surface area contributed by atoms with Gasteiger partial charge in [0.05, 0.1) is 0 Å². The minimum atomic E-state index is -0.339. The number of nitrogens with zero attached hydrogens (tertiary/aromatic N) is 2. The van der Waals surface area contributed by atoms with Crippen LogP contribution in [0, 0.1) is 13.8 Å². The first-order chi connectivity index (χ1) is 9.45. The molecule has 3 N–H and O–H groups in total. The zero-order chi connectivity index (χ0) is 14.7. The van der Waals surface area contributed by atoms with Gasteiger partial charge in [-0.1, -0.05) is 17.7 Å². The molecule has 0 atom stereocenters. The molecule has 1 aromatic heterocycles. The smallest absolute Gasteiger partial charge is 0.255 e. The van der Waals surface area contributed by atoms with Crippen LogP contribution < -0.4 is 16.6 Å². The van der Waals surface area contributed by atoms with Gasteiger partial charge in [0.25, 0.3) is 5.56 Å². The van der Waals surface area contributed by atoms with Crippen LogP contribution in [0.5, 0.6) is 0 Å². The lowest BCUT2D eigenvalue weighted by atomic mass is 10.2. The maximum Gasteiger partial charge on any atom is 0.255 e. The molecule has 2 rings (SSSR count). The van der Waals surface area contributed by atoms with Gasteiger partial charge in [0, 0.05) is 17.4 Å². The average Bonchev–Trinajstić information content (AvgIpc) is 2.36. The molecule has 0 fully saturated rings. The number of carbonyl (C=O) groups is 1. The Balaban J connectivity index is 2.12. The Morgan fingerprint density at radius 1 is 1.30 bits per heavy atom. The molecule has 0 aliphatic heterocycles. The molecule has 1 aromatic carbocycles. The highest BCUT2D eigenvalue weighted by molar-refractivity contribution is 5.90. The molecule has 2 aromatic rings. The maximum absolute atomic E-state index is 11.9. The molecule has 104 valence electrons. The molecule has 6 nitrogen and oxygen atoms in total. The molecule has 0 bridgehead atoms. The molecular weight excluding hydrogens is 256 g/mol. The van der Waals surface area contributed by atoms with E-state index in [4.69, 9.17) is 5.73 Å². The first-order valence-corrected chi connectivity index (χ1v) is 6.16. The first-order valence-electron chi connectivity index (χ1n) is 6.16. The van der Waals surface area contributed by atoms with Gasteiger partial charge in [-0.05, 0) is 26.0 Å². The zero-order valence-electron chi connectivity index (χ0n) is 11.4. The van der Waals surface area contributed by atoms with Crippen molar-refractivity contribution in [3.63, 3.8) is 0 Å². The maximum atomic E-state index is 11.9. The first kappa shape index (κ1) is 13.8. The highest BCUT2D eigenvalue weighted by Gasteiger charge is 2.09. The summed E-state index contributed by atoms with van der Waals surface area (Å²) in [5.41, 5.74) is 7.62. The number of aryl methyl sites for hydroxylation is 2. The van der Waals surface area contributed by atoms with E-state index in [-0.39, 0.29) is 24.0 Å². The van der Waals surface area contributed by atoms with E-state index in [1.54, 1.807) is 19.1 Å². The number of nitrogen functional groups attached to an aromatic ring is 1. The fourth-order valence-electron chi connectivity index (χ4n) is 1.78. The van der Waals surface area contributed by atoms with Crippen LogP contribution in [0.25, 0.3) is 0 Å². The van der Waals surface area contributed by atoms with Crippen molar-refractivity contribution in [2.24, 2.45) is 0 Å². The Hall–Kier alpha value is -2.63. The van der Waals surface area contributed by atoms with E-state index >= 15 is 0 Å². The fraction of sp³-hybridized carbons (Fsp3) is 0.214. The van der Waals surface area contributed by atoms with Crippen molar-refractivity contribution in [2.75, 3.05) is 11.1 Å². The second-order valence-corrected chi connectivity index (χ2v) is 4.59. The zero-order valence-corrected chi connectivity index (χ0v) is 11.4. The molecule has 0 unspecified atom stereocenters.